The van der Waals surface area contributed by atoms with Crippen molar-refractivity contribution < 1.29 is 9.52 Å². The van der Waals surface area contributed by atoms with Crippen LogP contribution < -0.4 is 21.8 Å². The van der Waals surface area contributed by atoms with Crippen molar-refractivity contribution in [2.24, 2.45) is 4.99 Å². The lowest BCUT2D eigenvalue weighted by Crippen LogP contribution is -2.25. The van der Waals surface area contributed by atoms with Crippen LogP contribution in [0.5, 0.6) is 5.88 Å². The molecule has 148 valence electrons. The van der Waals surface area contributed by atoms with Crippen LogP contribution in [0.1, 0.15) is 37.3 Å². The van der Waals surface area contributed by atoms with Gasteiger partial charge in [-0.25, -0.2) is 9.79 Å². The number of H-pyrrole nitrogens is 2. The molecule has 1 saturated carbocycles. The van der Waals surface area contributed by atoms with Crippen molar-refractivity contribution in [2.45, 2.75) is 31.8 Å². The third-order valence-corrected chi connectivity index (χ3v) is 4.57. The second kappa shape index (κ2) is 6.62. The predicted molar refractivity (Wildman–Crippen MR) is 102 cm³/mol. The van der Waals surface area contributed by atoms with Crippen LogP contribution >= 0.6 is 0 Å². The number of imidazole rings is 1. The van der Waals surface area contributed by atoms with E-state index in [1.807, 2.05) is 19.1 Å². The molecule has 4 aromatic heterocycles. The van der Waals surface area contributed by atoms with E-state index >= 15 is 0 Å². The predicted octanol–water partition coefficient (Wildman–Crippen LogP) is 0.223. The fourth-order valence-electron chi connectivity index (χ4n) is 2.95. The molecule has 4 heterocycles. The van der Waals surface area contributed by atoms with Gasteiger partial charge in [-0.1, -0.05) is 0 Å². The molecule has 0 saturated heterocycles. The largest absolute Gasteiger partial charge is 0.493 e. The first kappa shape index (κ1) is 17.2. The van der Waals surface area contributed by atoms with E-state index in [0.717, 1.165) is 18.6 Å². The Balaban J connectivity index is 1.65. The zero-order valence-corrected chi connectivity index (χ0v) is 15.5. The number of rotatable bonds is 5. The van der Waals surface area contributed by atoms with Crippen molar-refractivity contribution in [3.05, 3.63) is 57.4 Å². The van der Waals surface area contributed by atoms with Gasteiger partial charge in [0, 0.05) is 5.22 Å². The minimum absolute atomic E-state index is 0.151. The molecule has 1 unspecified atom stereocenters. The Labute approximate surface area is 162 Å². The molecule has 0 aliphatic heterocycles. The zero-order chi connectivity index (χ0) is 20.0. The van der Waals surface area contributed by atoms with Crippen LogP contribution in [0.3, 0.4) is 0 Å². The summed E-state index contributed by atoms with van der Waals surface area (Å²) in [6.07, 6.45) is 6.83. The normalized spacial score (nSPS) is 16.6. The highest BCUT2D eigenvalue weighted by Gasteiger charge is 2.21. The topological polar surface area (TPSA) is 149 Å². The first-order chi connectivity index (χ1) is 14.1. The highest BCUT2D eigenvalue weighted by Crippen LogP contribution is 2.22. The van der Waals surface area contributed by atoms with Crippen LogP contribution in [0.2, 0.25) is 0 Å². The van der Waals surface area contributed by atoms with Gasteiger partial charge in [-0.3, -0.25) is 4.98 Å². The summed E-state index contributed by atoms with van der Waals surface area (Å²) in [6, 6.07) is 3.78. The highest BCUT2D eigenvalue weighted by molar-refractivity contribution is 5.57. The quantitative estimate of drug-likeness (QED) is 0.378. The van der Waals surface area contributed by atoms with Crippen molar-refractivity contribution >= 4 is 17.7 Å². The molecule has 0 bridgehead atoms. The Morgan fingerprint density at radius 1 is 1.41 bits per heavy atom. The van der Waals surface area contributed by atoms with Gasteiger partial charge in [-0.05, 0) is 38.0 Å². The molecular formula is C18H18N8O3. The van der Waals surface area contributed by atoms with Gasteiger partial charge in [0.05, 0.1) is 24.5 Å². The third kappa shape index (κ3) is 3.37. The van der Waals surface area contributed by atoms with E-state index in [1.165, 1.54) is 0 Å². The van der Waals surface area contributed by atoms with Crippen molar-refractivity contribution in [2.75, 3.05) is 5.32 Å². The molecule has 29 heavy (non-hydrogen) atoms. The molecule has 0 amide bonds. The number of anilines is 1. The standard InChI is InChI=1S/C18H18N8O3/c1-9(13-3-2-6-29-13)20-16-23-14-10(7-12-15(27)24-18(28)22-12)8-19-26(14)17(25-16)21-11-4-5-11/h2-3,6-9,11,27H,4-5H2,1H3,(H,20,21,25)(H2,22,24,28). The van der Waals surface area contributed by atoms with E-state index in [0.29, 0.717) is 22.4 Å². The average molecular weight is 394 g/mol. The second-order valence-corrected chi connectivity index (χ2v) is 6.91. The molecular weight excluding hydrogens is 376 g/mol. The molecule has 0 aromatic carbocycles. The zero-order valence-electron chi connectivity index (χ0n) is 15.5. The second-order valence-electron chi connectivity index (χ2n) is 6.91. The van der Waals surface area contributed by atoms with Crippen LogP contribution in [-0.4, -0.2) is 40.7 Å². The van der Waals surface area contributed by atoms with Gasteiger partial charge in [0.15, 0.2) is 5.65 Å². The highest BCUT2D eigenvalue weighted by atomic mass is 16.3. The van der Waals surface area contributed by atoms with Gasteiger partial charge in [0.2, 0.25) is 11.8 Å². The van der Waals surface area contributed by atoms with E-state index in [9.17, 15) is 9.90 Å². The summed E-state index contributed by atoms with van der Waals surface area (Å²) in [5.41, 5.74) is 0.676. The van der Waals surface area contributed by atoms with E-state index in [4.69, 9.17) is 4.42 Å². The lowest BCUT2D eigenvalue weighted by molar-refractivity contribution is 0.454. The molecule has 1 aliphatic rings. The Bertz CT molecular complexity index is 1340. The molecule has 5 rings (SSSR count). The van der Waals surface area contributed by atoms with Gasteiger partial charge in [-0.15, -0.1) is 0 Å². The van der Waals surface area contributed by atoms with Crippen LogP contribution in [0.15, 0.2) is 38.8 Å². The van der Waals surface area contributed by atoms with E-state index in [-0.39, 0.29) is 23.7 Å². The fourth-order valence-corrected chi connectivity index (χ4v) is 2.95. The summed E-state index contributed by atoms with van der Waals surface area (Å²) < 4.78 is 6.98. The number of aromatic amines is 2. The van der Waals surface area contributed by atoms with Gasteiger partial charge < -0.3 is 19.8 Å². The summed E-state index contributed by atoms with van der Waals surface area (Å²) in [4.78, 5) is 29.9. The SMILES string of the molecule is CC(Nc1nc(=NC2CC2)n2ncc(=Cc3[nH]c(=O)[nH]c3O)c2n1)c1ccco1. The fraction of sp³-hybridized carbons (Fsp3) is 0.278. The summed E-state index contributed by atoms with van der Waals surface area (Å²) in [5, 5.41) is 18.0. The number of hydrogen-bond donors (Lipinski definition) is 4. The number of aromatic hydroxyl groups is 1. The molecule has 11 nitrogen and oxygen atoms in total. The average Bonchev–Trinajstić information content (AvgIpc) is 3.07. The Kier molecular flexibility index (Phi) is 3.93. The summed E-state index contributed by atoms with van der Waals surface area (Å²) in [7, 11) is 0. The minimum Gasteiger partial charge on any atom is -0.493 e. The Morgan fingerprint density at radius 3 is 2.97 bits per heavy atom. The molecule has 1 fully saturated rings. The molecule has 1 atom stereocenters. The number of fused-ring (bicyclic) bond motifs is 1. The molecule has 4 aromatic rings. The van der Waals surface area contributed by atoms with Crippen molar-refractivity contribution in [3.8, 4) is 5.88 Å². The maximum Gasteiger partial charge on any atom is 0.326 e. The summed E-state index contributed by atoms with van der Waals surface area (Å²) >= 11 is 0. The maximum atomic E-state index is 11.4. The van der Waals surface area contributed by atoms with Crippen LogP contribution in [-0.2, 0) is 0 Å². The van der Waals surface area contributed by atoms with Crippen LogP contribution in [0, 0.1) is 0 Å². The minimum atomic E-state index is -0.501. The summed E-state index contributed by atoms with van der Waals surface area (Å²) in [5.74, 6) is 0.878. The van der Waals surface area contributed by atoms with Crippen molar-refractivity contribution in [1.82, 2.24) is 29.5 Å². The number of furan rings is 1. The first-order valence-electron chi connectivity index (χ1n) is 9.19. The number of nitrogens with one attached hydrogen (secondary N) is 3. The van der Waals surface area contributed by atoms with Crippen molar-refractivity contribution in [1.29, 1.82) is 0 Å². The van der Waals surface area contributed by atoms with E-state index < -0.39 is 5.69 Å². The molecule has 1 aliphatic carbocycles. The van der Waals surface area contributed by atoms with Crippen LogP contribution in [0.25, 0.3) is 11.7 Å². The molecule has 11 heteroatoms. The summed E-state index contributed by atoms with van der Waals surface area (Å²) in [6.45, 7) is 1.94. The van der Waals surface area contributed by atoms with Crippen LogP contribution in [0.4, 0.5) is 5.95 Å². The van der Waals surface area contributed by atoms with Gasteiger partial charge >= 0.3 is 5.69 Å². The maximum absolute atomic E-state index is 11.4. The Hall–Kier alpha value is -3.89. The number of aromatic nitrogens is 6. The monoisotopic (exact) mass is 394 g/mol. The Morgan fingerprint density at radius 2 is 2.28 bits per heavy atom. The third-order valence-electron chi connectivity index (χ3n) is 4.57. The van der Waals surface area contributed by atoms with E-state index in [2.05, 4.69) is 35.3 Å². The van der Waals surface area contributed by atoms with Gasteiger partial charge in [-0.2, -0.15) is 19.6 Å². The molecule has 0 spiro atoms. The van der Waals surface area contributed by atoms with Gasteiger partial charge in [0.25, 0.3) is 5.62 Å². The molecule has 4 N–H and O–H groups in total. The lowest BCUT2D eigenvalue weighted by Gasteiger charge is -2.11. The number of hydrogen-bond acceptors (Lipinski definition) is 8. The number of nitrogens with zero attached hydrogens (tertiary/aromatic N) is 5. The smallest absolute Gasteiger partial charge is 0.326 e. The first-order valence-corrected chi connectivity index (χ1v) is 9.19. The van der Waals surface area contributed by atoms with E-state index in [1.54, 1.807) is 23.1 Å². The van der Waals surface area contributed by atoms with Gasteiger partial charge in [0.1, 0.15) is 11.5 Å². The van der Waals surface area contributed by atoms with Crippen molar-refractivity contribution in [3.63, 3.8) is 0 Å². The lowest BCUT2D eigenvalue weighted by atomic mass is 10.2. The molecule has 0 radical (unpaired) electrons.